The number of nitrogens with one attached hydrogen (secondary N) is 1. The molecule has 0 aromatic rings. The molecule has 2 aliphatic carbocycles. The van der Waals surface area contributed by atoms with Gasteiger partial charge in [-0.25, -0.2) is 9.18 Å². The summed E-state index contributed by atoms with van der Waals surface area (Å²) >= 11 is 0. The largest absolute Gasteiger partial charge is 0.398 e. The summed E-state index contributed by atoms with van der Waals surface area (Å²) in [7, 11) is 0. The van der Waals surface area contributed by atoms with Crippen LogP contribution in [0.25, 0.3) is 0 Å². The lowest BCUT2D eigenvalue weighted by molar-refractivity contribution is -0.169. The molecule has 174 valence electrons. The fourth-order valence-electron chi connectivity index (χ4n) is 3.78. The molecule has 8 heteroatoms. The van der Waals surface area contributed by atoms with Gasteiger partial charge in [0, 0.05) is 26.2 Å². The number of carbonyl (C=O) groups excluding carboxylic acids is 1. The Morgan fingerprint density at radius 2 is 1.94 bits per heavy atom. The Hall–Kier alpha value is -2.09. The van der Waals surface area contributed by atoms with Crippen molar-refractivity contribution < 1.29 is 22.4 Å². The molecule has 0 aromatic carbocycles. The lowest BCUT2D eigenvalue weighted by atomic mass is 10.0. The van der Waals surface area contributed by atoms with Crippen molar-refractivity contribution in [1.82, 2.24) is 15.1 Å². The van der Waals surface area contributed by atoms with Crippen LogP contribution in [-0.2, 0) is 0 Å². The number of carbonyl (C=O) groups is 1. The van der Waals surface area contributed by atoms with Crippen molar-refractivity contribution >= 4 is 6.03 Å². The minimum Gasteiger partial charge on any atom is -0.324 e. The van der Waals surface area contributed by atoms with Crippen LogP contribution < -0.4 is 5.32 Å². The second-order valence-electron chi connectivity index (χ2n) is 7.91. The van der Waals surface area contributed by atoms with Crippen LogP contribution in [-0.4, -0.2) is 54.7 Å². The smallest absolute Gasteiger partial charge is 0.324 e. The Morgan fingerprint density at radius 3 is 2.55 bits per heavy atom. The number of nitrogens with zero attached hydrogens (tertiary/aromatic N) is 2. The molecule has 2 amide bonds. The summed E-state index contributed by atoms with van der Waals surface area (Å²) in [4.78, 5) is 16.4. The fourth-order valence-corrected chi connectivity index (χ4v) is 3.78. The van der Waals surface area contributed by atoms with Gasteiger partial charge in [-0.2, -0.15) is 13.2 Å². The van der Waals surface area contributed by atoms with Crippen LogP contribution in [0.2, 0.25) is 0 Å². The number of hydrogen-bond donors (Lipinski definition) is 1. The third-order valence-electron chi connectivity index (χ3n) is 5.53. The zero-order valence-corrected chi connectivity index (χ0v) is 18.3. The molecule has 1 atom stereocenters. The Labute approximate surface area is 182 Å². The molecule has 31 heavy (non-hydrogen) atoms. The number of allylic oxidation sites excluding steroid dienone is 6. The van der Waals surface area contributed by atoms with Gasteiger partial charge in [0.25, 0.3) is 0 Å². The minimum atomic E-state index is -4.68. The van der Waals surface area contributed by atoms with Gasteiger partial charge in [0.2, 0.25) is 0 Å². The van der Waals surface area contributed by atoms with E-state index >= 15 is 0 Å². The average molecular weight is 444 g/mol. The van der Waals surface area contributed by atoms with Crippen molar-refractivity contribution in [2.75, 3.05) is 32.7 Å². The van der Waals surface area contributed by atoms with Crippen molar-refractivity contribution in [3.05, 3.63) is 47.5 Å². The van der Waals surface area contributed by atoms with E-state index in [-0.39, 0.29) is 12.8 Å². The summed E-state index contributed by atoms with van der Waals surface area (Å²) in [5, 5.41) is 2.36. The van der Waals surface area contributed by atoms with Crippen LogP contribution in [0.1, 0.15) is 46.0 Å². The van der Waals surface area contributed by atoms with Crippen LogP contribution in [0.5, 0.6) is 0 Å². The zero-order valence-electron chi connectivity index (χ0n) is 18.3. The number of halogens is 4. The van der Waals surface area contributed by atoms with Gasteiger partial charge in [0.15, 0.2) is 0 Å². The molecule has 2 aliphatic rings. The number of urea groups is 1. The van der Waals surface area contributed by atoms with Crippen molar-refractivity contribution in [3.8, 4) is 0 Å². The molecule has 0 heterocycles. The number of hydrogen-bond acceptors (Lipinski definition) is 2. The first kappa shape index (κ1) is 25.2. The monoisotopic (exact) mass is 443 g/mol. The van der Waals surface area contributed by atoms with Gasteiger partial charge in [-0.1, -0.05) is 36.8 Å². The van der Waals surface area contributed by atoms with E-state index in [1.54, 1.807) is 6.92 Å². The van der Waals surface area contributed by atoms with Gasteiger partial charge < -0.3 is 10.2 Å². The first-order chi connectivity index (χ1) is 14.8. The summed E-state index contributed by atoms with van der Waals surface area (Å²) in [6, 6.07) is -0.587. The number of amides is 2. The van der Waals surface area contributed by atoms with E-state index in [1.807, 2.05) is 0 Å². The highest BCUT2D eigenvalue weighted by Gasteiger charge is 2.43. The van der Waals surface area contributed by atoms with E-state index < -0.39 is 29.6 Å². The highest BCUT2D eigenvalue weighted by Crippen LogP contribution is 2.38. The standard InChI is InChI=1S/C23H33F4N3O/c1-3-14-29(17-18-10-6-5-7-11-18)15-16-30(4-2)22(31)28-20-13-9-8-12-19(21(20)24)23(25,26)27/h5-6,9-10,13,19H,3-4,7-8,11-12,14-17H2,1-2H3,(H,28,31). The van der Waals surface area contributed by atoms with Crippen LogP contribution in [0.15, 0.2) is 47.5 Å². The molecule has 1 unspecified atom stereocenters. The minimum absolute atomic E-state index is 0.103. The first-order valence-corrected chi connectivity index (χ1v) is 11.0. The van der Waals surface area contributed by atoms with Gasteiger partial charge >= 0.3 is 12.2 Å². The van der Waals surface area contributed by atoms with Gasteiger partial charge in [0.05, 0.1) is 5.70 Å². The molecular formula is C23H33F4N3O. The van der Waals surface area contributed by atoms with E-state index in [0.29, 0.717) is 19.6 Å². The summed E-state index contributed by atoms with van der Waals surface area (Å²) in [6.07, 6.45) is 7.11. The molecule has 0 saturated heterocycles. The highest BCUT2D eigenvalue weighted by molar-refractivity contribution is 5.76. The first-order valence-electron chi connectivity index (χ1n) is 11.0. The highest BCUT2D eigenvalue weighted by atomic mass is 19.4. The Morgan fingerprint density at radius 1 is 1.16 bits per heavy atom. The zero-order chi connectivity index (χ0) is 22.9. The number of likely N-dealkylation sites (N-methyl/N-ethyl adjacent to an activating group) is 1. The van der Waals surface area contributed by atoms with Crippen molar-refractivity contribution in [3.63, 3.8) is 0 Å². The number of rotatable bonds is 9. The van der Waals surface area contributed by atoms with Gasteiger partial charge in [-0.05, 0) is 51.6 Å². The summed E-state index contributed by atoms with van der Waals surface area (Å²) in [6.45, 7) is 7.02. The van der Waals surface area contributed by atoms with Crippen molar-refractivity contribution in [1.29, 1.82) is 0 Å². The van der Waals surface area contributed by atoms with Crippen LogP contribution in [0.4, 0.5) is 22.4 Å². The maximum atomic E-state index is 14.5. The third kappa shape index (κ3) is 7.83. The summed E-state index contributed by atoms with van der Waals surface area (Å²) < 4.78 is 54.0. The molecule has 4 nitrogen and oxygen atoms in total. The number of alkyl halides is 3. The van der Waals surface area contributed by atoms with E-state index in [1.165, 1.54) is 22.6 Å². The third-order valence-corrected chi connectivity index (χ3v) is 5.53. The second-order valence-corrected chi connectivity index (χ2v) is 7.91. The molecule has 0 saturated carbocycles. The average Bonchev–Trinajstić information content (AvgIpc) is 2.91. The van der Waals surface area contributed by atoms with Crippen molar-refractivity contribution in [2.24, 2.45) is 5.92 Å². The topological polar surface area (TPSA) is 35.6 Å². The predicted molar refractivity (Wildman–Crippen MR) is 115 cm³/mol. The van der Waals surface area contributed by atoms with E-state index in [0.717, 1.165) is 32.4 Å². The molecule has 0 aliphatic heterocycles. The molecular weight excluding hydrogens is 410 g/mol. The lowest BCUT2D eigenvalue weighted by Gasteiger charge is -2.28. The van der Waals surface area contributed by atoms with Gasteiger partial charge in [0.1, 0.15) is 11.7 Å². The quantitative estimate of drug-likeness (QED) is 0.463. The summed E-state index contributed by atoms with van der Waals surface area (Å²) in [5.74, 6) is -3.51. The van der Waals surface area contributed by atoms with E-state index in [2.05, 4.69) is 35.4 Å². The predicted octanol–water partition coefficient (Wildman–Crippen LogP) is 5.72. The molecule has 0 radical (unpaired) electrons. The second kappa shape index (κ2) is 12.1. The van der Waals surface area contributed by atoms with E-state index in [4.69, 9.17) is 0 Å². The molecule has 0 bridgehead atoms. The van der Waals surface area contributed by atoms with Crippen LogP contribution in [0, 0.1) is 5.92 Å². The Bertz CT molecular complexity index is 725. The van der Waals surface area contributed by atoms with Gasteiger partial charge in [-0.3, -0.25) is 4.90 Å². The summed E-state index contributed by atoms with van der Waals surface area (Å²) in [5.41, 5.74) is 0.949. The molecule has 0 aromatic heterocycles. The maximum Gasteiger partial charge on any atom is 0.398 e. The molecule has 1 N–H and O–H groups in total. The van der Waals surface area contributed by atoms with E-state index in [9.17, 15) is 22.4 Å². The molecule has 0 spiro atoms. The molecule has 2 rings (SSSR count). The van der Waals surface area contributed by atoms with Gasteiger partial charge in [-0.15, -0.1) is 0 Å². The SMILES string of the molecule is CCCN(CCN(CC)C(=O)NC1=C(F)C(C(F)(F)F)CCC=C1)CC1=CC=CCC1. The Balaban J connectivity index is 2.01. The maximum absolute atomic E-state index is 14.5. The normalized spacial score (nSPS) is 19.5. The lowest BCUT2D eigenvalue weighted by Crippen LogP contribution is -2.44. The molecule has 0 fully saturated rings. The van der Waals surface area contributed by atoms with Crippen LogP contribution in [0.3, 0.4) is 0 Å². The van der Waals surface area contributed by atoms with Crippen molar-refractivity contribution in [2.45, 2.75) is 52.1 Å². The Kier molecular flexibility index (Phi) is 9.81. The fraction of sp³-hybridized carbons (Fsp3) is 0.609. The van der Waals surface area contributed by atoms with Crippen LogP contribution >= 0.6 is 0 Å².